The molecule has 1 atom stereocenters. The molecule has 0 radical (unpaired) electrons. The maximum atomic E-state index is 5.14. The van der Waals surface area contributed by atoms with E-state index in [1.165, 1.54) is 12.8 Å². The molecule has 1 fully saturated rings. The minimum Gasteiger partial charge on any atom is -0.377 e. The van der Waals surface area contributed by atoms with Gasteiger partial charge in [-0.1, -0.05) is 0 Å². The van der Waals surface area contributed by atoms with Crippen molar-refractivity contribution < 1.29 is 4.74 Å². The molecule has 1 aliphatic heterocycles. The minimum absolute atomic E-state index is 0.317. The normalized spacial score (nSPS) is 20.2. The Balaban J connectivity index is 1.54. The number of aryl methyl sites for hydroxylation is 1. The molecule has 0 saturated heterocycles. The lowest BCUT2D eigenvalue weighted by Crippen LogP contribution is -2.47. The van der Waals surface area contributed by atoms with Crippen molar-refractivity contribution in [1.82, 2.24) is 30.3 Å². The van der Waals surface area contributed by atoms with Gasteiger partial charge >= 0.3 is 0 Å². The Morgan fingerprint density at radius 1 is 1.37 bits per heavy atom. The van der Waals surface area contributed by atoms with Crippen LogP contribution >= 0.6 is 0 Å². The number of guanidine groups is 1. The van der Waals surface area contributed by atoms with Gasteiger partial charge in [-0.2, -0.15) is 5.10 Å². The Kier molecular flexibility index (Phi) is 7.07. The third-order valence-corrected chi connectivity index (χ3v) is 5.17. The van der Waals surface area contributed by atoms with Crippen LogP contribution in [0, 0.1) is 0 Å². The molecule has 152 valence electrons. The summed E-state index contributed by atoms with van der Waals surface area (Å²) in [6, 6.07) is 1.69. The maximum absolute atomic E-state index is 5.14. The predicted octanol–water partition coefficient (Wildman–Crippen LogP) is 1.17. The number of nitrogens with zero attached hydrogens (tertiary/aromatic N) is 5. The van der Waals surface area contributed by atoms with E-state index in [4.69, 9.17) is 9.73 Å². The summed E-state index contributed by atoms with van der Waals surface area (Å²) in [4.78, 5) is 11.9. The van der Waals surface area contributed by atoms with Gasteiger partial charge < -0.3 is 15.4 Å². The van der Waals surface area contributed by atoms with Gasteiger partial charge in [0.15, 0.2) is 11.8 Å². The average molecular weight is 378 g/mol. The SMILES string of the molecule is CCNC(=NCCN(C(C)C)C1CC1)NC1CCc2nc(COC)nn2C1. The van der Waals surface area contributed by atoms with Crippen LogP contribution in [0.5, 0.6) is 0 Å². The molecule has 1 aromatic rings. The van der Waals surface area contributed by atoms with Crippen LogP contribution in [0.3, 0.4) is 0 Å². The Morgan fingerprint density at radius 3 is 2.85 bits per heavy atom. The van der Waals surface area contributed by atoms with Gasteiger partial charge in [-0.25, -0.2) is 9.67 Å². The minimum atomic E-state index is 0.317. The highest BCUT2D eigenvalue weighted by Gasteiger charge is 2.30. The van der Waals surface area contributed by atoms with Gasteiger partial charge in [0.25, 0.3) is 0 Å². The molecule has 8 heteroatoms. The van der Waals surface area contributed by atoms with Crippen LogP contribution in [-0.2, 0) is 24.3 Å². The summed E-state index contributed by atoms with van der Waals surface area (Å²) in [7, 11) is 1.67. The molecular weight excluding hydrogens is 342 g/mol. The third kappa shape index (κ3) is 5.65. The van der Waals surface area contributed by atoms with E-state index in [9.17, 15) is 0 Å². The largest absolute Gasteiger partial charge is 0.377 e. The van der Waals surface area contributed by atoms with Crippen LogP contribution in [0.25, 0.3) is 0 Å². The second kappa shape index (κ2) is 9.50. The number of fused-ring (bicyclic) bond motifs is 1. The van der Waals surface area contributed by atoms with Crippen molar-refractivity contribution >= 4 is 5.96 Å². The molecule has 0 spiro atoms. The fraction of sp³-hybridized carbons (Fsp3) is 0.842. The van der Waals surface area contributed by atoms with Gasteiger partial charge in [0.2, 0.25) is 0 Å². The second-order valence-corrected chi connectivity index (χ2v) is 7.76. The van der Waals surface area contributed by atoms with E-state index in [2.05, 4.69) is 46.4 Å². The summed E-state index contributed by atoms with van der Waals surface area (Å²) >= 11 is 0. The van der Waals surface area contributed by atoms with Crippen LogP contribution in [0.1, 0.15) is 51.7 Å². The van der Waals surface area contributed by atoms with E-state index >= 15 is 0 Å². The molecule has 27 heavy (non-hydrogen) atoms. The van der Waals surface area contributed by atoms with Crippen molar-refractivity contribution in [2.75, 3.05) is 26.7 Å². The summed E-state index contributed by atoms with van der Waals surface area (Å²) in [6.07, 6.45) is 4.65. The molecule has 8 nitrogen and oxygen atoms in total. The first-order valence-corrected chi connectivity index (χ1v) is 10.3. The van der Waals surface area contributed by atoms with E-state index < -0.39 is 0 Å². The molecule has 0 bridgehead atoms. The summed E-state index contributed by atoms with van der Waals surface area (Å²) in [5.74, 6) is 2.73. The van der Waals surface area contributed by atoms with Gasteiger partial charge in [-0.15, -0.1) is 0 Å². The van der Waals surface area contributed by atoms with Crippen LogP contribution in [0.15, 0.2) is 4.99 Å². The summed E-state index contributed by atoms with van der Waals surface area (Å²) < 4.78 is 7.15. The lowest BCUT2D eigenvalue weighted by Gasteiger charge is -2.27. The number of nitrogens with one attached hydrogen (secondary N) is 2. The quantitative estimate of drug-likeness (QED) is 0.497. The lowest BCUT2D eigenvalue weighted by atomic mass is 10.1. The van der Waals surface area contributed by atoms with Crippen LogP contribution in [0.4, 0.5) is 0 Å². The van der Waals surface area contributed by atoms with Gasteiger partial charge in [0, 0.05) is 44.7 Å². The monoisotopic (exact) mass is 377 g/mol. The molecule has 1 unspecified atom stereocenters. The standard InChI is InChI=1S/C19H35N7O/c1-5-20-19(21-10-11-25(14(2)3)16-7-8-16)22-15-6-9-18-23-17(13-27-4)24-26(18)12-15/h14-16H,5-13H2,1-4H3,(H2,20,21,22). The molecule has 0 aromatic carbocycles. The van der Waals surface area contributed by atoms with E-state index in [0.717, 1.165) is 62.7 Å². The molecule has 0 amide bonds. The van der Waals surface area contributed by atoms with Crippen LogP contribution in [0.2, 0.25) is 0 Å². The first kappa shape index (κ1) is 20.1. The van der Waals surface area contributed by atoms with Crippen molar-refractivity contribution in [3.8, 4) is 0 Å². The van der Waals surface area contributed by atoms with E-state index in [1.807, 2.05) is 4.68 Å². The average Bonchev–Trinajstić information content (AvgIpc) is 3.38. The number of ether oxygens (including phenoxy) is 1. The number of aromatic nitrogens is 3. The number of aliphatic imine (C=N–C) groups is 1. The van der Waals surface area contributed by atoms with Crippen molar-refractivity contribution in [3.05, 3.63) is 11.6 Å². The Bertz CT molecular complexity index is 622. The summed E-state index contributed by atoms with van der Waals surface area (Å²) in [5.41, 5.74) is 0. The van der Waals surface area contributed by atoms with Crippen molar-refractivity contribution in [2.24, 2.45) is 4.99 Å². The van der Waals surface area contributed by atoms with Crippen molar-refractivity contribution in [1.29, 1.82) is 0 Å². The second-order valence-electron chi connectivity index (χ2n) is 7.76. The topological polar surface area (TPSA) is 79.6 Å². The first-order valence-electron chi connectivity index (χ1n) is 10.3. The summed E-state index contributed by atoms with van der Waals surface area (Å²) in [6.45, 7) is 10.7. The molecule has 3 rings (SSSR count). The number of hydrogen-bond acceptors (Lipinski definition) is 5. The van der Waals surface area contributed by atoms with Crippen molar-refractivity contribution in [3.63, 3.8) is 0 Å². The molecule has 1 saturated carbocycles. The molecule has 1 aromatic heterocycles. The number of methoxy groups -OCH3 is 1. The molecular formula is C19H35N7O. The summed E-state index contributed by atoms with van der Waals surface area (Å²) in [5, 5.41) is 11.5. The predicted molar refractivity (Wildman–Crippen MR) is 107 cm³/mol. The fourth-order valence-electron chi connectivity index (χ4n) is 3.73. The lowest BCUT2D eigenvalue weighted by molar-refractivity contribution is 0.177. The molecule has 1 aliphatic carbocycles. The highest BCUT2D eigenvalue weighted by molar-refractivity contribution is 5.80. The van der Waals surface area contributed by atoms with Gasteiger partial charge in [-0.05, 0) is 40.0 Å². The first-order chi connectivity index (χ1) is 13.1. The van der Waals surface area contributed by atoms with Gasteiger partial charge in [0.05, 0.1) is 13.1 Å². The third-order valence-electron chi connectivity index (χ3n) is 5.17. The fourth-order valence-corrected chi connectivity index (χ4v) is 3.73. The number of rotatable bonds is 9. The van der Waals surface area contributed by atoms with Crippen LogP contribution in [-0.4, -0.2) is 70.5 Å². The zero-order valence-electron chi connectivity index (χ0n) is 17.2. The Hall–Kier alpha value is -1.67. The smallest absolute Gasteiger partial charge is 0.191 e. The zero-order valence-corrected chi connectivity index (χ0v) is 17.2. The van der Waals surface area contributed by atoms with Crippen LogP contribution < -0.4 is 10.6 Å². The van der Waals surface area contributed by atoms with E-state index in [-0.39, 0.29) is 0 Å². The van der Waals surface area contributed by atoms with Gasteiger partial charge in [-0.3, -0.25) is 9.89 Å². The Morgan fingerprint density at radius 2 is 2.19 bits per heavy atom. The van der Waals surface area contributed by atoms with Crippen molar-refractivity contribution in [2.45, 2.75) is 77.7 Å². The van der Waals surface area contributed by atoms with E-state index in [1.54, 1.807) is 7.11 Å². The molecule has 2 N–H and O–H groups in total. The zero-order chi connectivity index (χ0) is 19.2. The van der Waals surface area contributed by atoms with E-state index in [0.29, 0.717) is 18.7 Å². The maximum Gasteiger partial charge on any atom is 0.191 e. The highest BCUT2D eigenvalue weighted by atomic mass is 16.5. The number of hydrogen-bond donors (Lipinski definition) is 2. The Labute approximate surface area is 162 Å². The highest BCUT2D eigenvalue weighted by Crippen LogP contribution is 2.28. The molecule has 2 heterocycles. The van der Waals surface area contributed by atoms with Gasteiger partial charge in [0.1, 0.15) is 12.4 Å². The molecule has 2 aliphatic rings.